The summed E-state index contributed by atoms with van der Waals surface area (Å²) in [6, 6.07) is 6.15. The molecule has 1 aromatic heterocycles. The van der Waals surface area contributed by atoms with Crippen LogP contribution in [0.1, 0.15) is 205 Å². The molecular weight excluding hydrogens is 510 g/mol. The Morgan fingerprint density at radius 3 is 0.952 bits per heavy atom. The van der Waals surface area contributed by atoms with Gasteiger partial charge in [-0.1, -0.05) is 187 Å². The number of pyridine rings is 1. The summed E-state index contributed by atoms with van der Waals surface area (Å²) in [5.74, 6) is 0. The lowest BCUT2D eigenvalue weighted by atomic mass is 10.0. The van der Waals surface area contributed by atoms with Gasteiger partial charge < -0.3 is 0 Å². The van der Waals surface area contributed by atoms with E-state index in [2.05, 4.69) is 34.9 Å². The standard InChI is InChI=1S/C39H71N3/c1-3-5-7-9-11-13-15-17-19-21-23-25-27-29-34-40-36-38-32-31-33-39(42-38)37-41-35-30-28-26-24-22-20-18-16-14-12-10-8-6-4-2/h31-33,36-37H,3-30,34-35H2,1-2H3. The molecule has 0 N–H and O–H groups in total. The van der Waals surface area contributed by atoms with E-state index in [1.165, 1.54) is 180 Å². The third kappa shape index (κ3) is 27.3. The normalized spacial score (nSPS) is 11.9. The molecular formula is C39H71N3. The van der Waals surface area contributed by atoms with Crippen molar-refractivity contribution >= 4 is 12.4 Å². The van der Waals surface area contributed by atoms with Crippen molar-refractivity contribution in [1.82, 2.24) is 4.98 Å². The van der Waals surface area contributed by atoms with E-state index >= 15 is 0 Å². The molecule has 1 rings (SSSR count). The SMILES string of the molecule is CCCCCCCCCCCCCCCCN=Cc1cccc(C=NCCCCCCCCCCCCCCCC)n1. The van der Waals surface area contributed by atoms with Gasteiger partial charge in [0.15, 0.2) is 0 Å². The van der Waals surface area contributed by atoms with E-state index in [0.717, 1.165) is 24.5 Å². The zero-order chi connectivity index (χ0) is 30.0. The van der Waals surface area contributed by atoms with Crippen LogP contribution >= 0.6 is 0 Å². The predicted octanol–water partition coefficient (Wildman–Crippen LogP) is 12.9. The molecule has 0 saturated carbocycles. The van der Waals surface area contributed by atoms with Crippen LogP contribution in [0.3, 0.4) is 0 Å². The smallest absolute Gasteiger partial charge is 0.0815 e. The van der Waals surface area contributed by atoms with Crippen LogP contribution in [0, 0.1) is 0 Å². The van der Waals surface area contributed by atoms with Crippen LogP contribution in [-0.2, 0) is 0 Å². The minimum absolute atomic E-state index is 0.914. The third-order valence-corrected chi connectivity index (χ3v) is 8.52. The number of hydrogen-bond donors (Lipinski definition) is 0. The van der Waals surface area contributed by atoms with Crippen molar-refractivity contribution in [3.8, 4) is 0 Å². The number of hydrogen-bond acceptors (Lipinski definition) is 3. The molecule has 0 bridgehead atoms. The van der Waals surface area contributed by atoms with Gasteiger partial charge in [-0.25, -0.2) is 4.98 Å². The molecule has 0 amide bonds. The number of aromatic nitrogens is 1. The highest BCUT2D eigenvalue weighted by Crippen LogP contribution is 2.14. The van der Waals surface area contributed by atoms with Gasteiger partial charge in [0.1, 0.15) is 0 Å². The highest BCUT2D eigenvalue weighted by molar-refractivity contribution is 5.81. The fraction of sp³-hybridized carbons (Fsp3) is 0.821. The summed E-state index contributed by atoms with van der Waals surface area (Å²) >= 11 is 0. The molecule has 3 nitrogen and oxygen atoms in total. The maximum absolute atomic E-state index is 4.69. The van der Waals surface area contributed by atoms with Crippen molar-refractivity contribution in [2.24, 2.45) is 9.98 Å². The van der Waals surface area contributed by atoms with E-state index in [0.29, 0.717) is 0 Å². The van der Waals surface area contributed by atoms with E-state index in [9.17, 15) is 0 Å². The number of nitrogens with zero attached hydrogens (tertiary/aromatic N) is 3. The van der Waals surface area contributed by atoms with Crippen LogP contribution < -0.4 is 0 Å². The molecule has 42 heavy (non-hydrogen) atoms. The van der Waals surface area contributed by atoms with Gasteiger partial charge in [-0.05, 0) is 25.0 Å². The summed E-state index contributed by atoms with van der Waals surface area (Å²) in [5.41, 5.74) is 1.89. The van der Waals surface area contributed by atoms with Gasteiger partial charge in [-0.15, -0.1) is 0 Å². The zero-order valence-electron chi connectivity index (χ0n) is 28.4. The van der Waals surface area contributed by atoms with Crippen molar-refractivity contribution in [3.63, 3.8) is 0 Å². The quantitative estimate of drug-likeness (QED) is 0.0616. The fourth-order valence-corrected chi connectivity index (χ4v) is 5.72. The third-order valence-electron chi connectivity index (χ3n) is 8.52. The Labute approximate surface area is 263 Å². The van der Waals surface area contributed by atoms with Crippen molar-refractivity contribution in [2.45, 2.75) is 194 Å². The Kier molecular flexibility index (Phi) is 29.7. The number of unbranched alkanes of at least 4 members (excludes halogenated alkanes) is 26. The first kappa shape index (κ1) is 38.5. The van der Waals surface area contributed by atoms with Crippen molar-refractivity contribution < 1.29 is 0 Å². The second-order valence-electron chi connectivity index (χ2n) is 12.8. The molecule has 242 valence electrons. The van der Waals surface area contributed by atoms with Gasteiger partial charge in [-0.2, -0.15) is 0 Å². The lowest BCUT2D eigenvalue weighted by Crippen LogP contribution is -1.95. The van der Waals surface area contributed by atoms with Crippen LogP contribution in [0.5, 0.6) is 0 Å². The van der Waals surface area contributed by atoms with Crippen LogP contribution in [0.2, 0.25) is 0 Å². The molecule has 0 aliphatic carbocycles. The van der Waals surface area contributed by atoms with Gasteiger partial charge in [0, 0.05) is 25.5 Å². The fourth-order valence-electron chi connectivity index (χ4n) is 5.72. The first-order chi connectivity index (χ1) is 20.9. The van der Waals surface area contributed by atoms with E-state index in [-0.39, 0.29) is 0 Å². The lowest BCUT2D eigenvalue weighted by Gasteiger charge is -2.03. The molecule has 0 unspecified atom stereocenters. The molecule has 1 aromatic rings. The molecule has 1 heterocycles. The van der Waals surface area contributed by atoms with Crippen molar-refractivity contribution in [1.29, 1.82) is 0 Å². The van der Waals surface area contributed by atoms with Crippen LogP contribution in [0.4, 0.5) is 0 Å². The van der Waals surface area contributed by atoms with Crippen LogP contribution in [0.25, 0.3) is 0 Å². The van der Waals surface area contributed by atoms with Gasteiger partial charge in [-0.3, -0.25) is 9.98 Å². The van der Waals surface area contributed by atoms with E-state index < -0.39 is 0 Å². The topological polar surface area (TPSA) is 37.6 Å². The molecule has 0 saturated heterocycles. The Morgan fingerprint density at radius 2 is 0.667 bits per heavy atom. The second kappa shape index (κ2) is 32.4. The molecule has 0 aliphatic heterocycles. The summed E-state index contributed by atoms with van der Waals surface area (Å²) in [6.07, 6.45) is 42.9. The summed E-state index contributed by atoms with van der Waals surface area (Å²) in [6.45, 7) is 6.42. The van der Waals surface area contributed by atoms with E-state index in [1.54, 1.807) is 0 Å². The Morgan fingerprint density at radius 1 is 0.405 bits per heavy atom. The minimum Gasteiger partial charge on any atom is -0.291 e. The number of aliphatic imine (C=N–C) groups is 2. The Balaban J connectivity index is 1.93. The molecule has 0 aromatic carbocycles. The van der Waals surface area contributed by atoms with Crippen LogP contribution in [-0.4, -0.2) is 30.5 Å². The summed E-state index contributed by atoms with van der Waals surface area (Å²) in [4.78, 5) is 13.9. The molecule has 0 aliphatic rings. The maximum atomic E-state index is 4.69. The summed E-state index contributed by atoms with van der Waals surface area (Å²) in [5, 5.41) is 0. The van der Waals surface area contributed by atoms with Gasteiger partial charge in [0.25, 0.3) is 0 Å². The average Bonchev–Trinajstić information content (AvgIpc) is 3.01. The lowest BCUT2D eigenvalue weighted by molar-refractivity contribution is 0.536. The van der Waals surface area contributed by atoms with E-state index in [1.807, 2.05) is 24.6 Å². The van der Waals surface area contributed by atoms with Crippen molar-refractivity contribution in [3.05, 3.63) is 29.6 Å². The largest absolute Gasteiger partial charge is 0.291 e. The second-order valence-corrected chi connectivity index (χ2v) is 12.8. The average molecular weight is 582 g/mol. The van der Waals surface area contributed by atoms with Gasteiger partial charge in [0.05, 0.1) is 11.4 Å². The summed E-state index contributed by atoms with van der Waals surface area (Å²) < 4.78 is 0. The summed E-state index contributed by atoms with van der Waals surface area (Å²) in [7, 11) is 0. The van der Waals surface area contributed by atoms with Crippen molar-refractivity contribution in [2.75, 3.05) is 13.1 Å². The Bertz CT molecular complexity index is 669. The van der Waals surface area contributed by atoms with E-state index in [4.69, 9.17) is 0 Å². The van der Waals surface area contributed by atoms with Gasteiger partial charge >= 0.3 is 0 Å². The molecule has 0 spiro atoms. The van der Waals surface area contributed by atoms with Crippen LogP contribution in [0.15, 0.2) is 28.2 Å². The molecule has 0 radical (unpaired) electrons. The highest BCUT2D eigenvalue weighted by atomic mass is 14.8. The Hall–Kier alpha value is -1.51. The highest BCUT2D eigenvalue weighted by Gasteiger charge is 1.97. The number of rotatable bonds is 32. The monoisotopic (exact) mass is 582 g/mol. The first-order valence-corrected chi connectivity index (χ1v) is 18.8. The molecule has 3 heteroatoms. The minimum atomic E-state index is 0.914. The maximum Gasteiger partial charge on any atom is 0.0815 e. The van der Waals surface area contributed by atoms with Gasteiger partial charge in [0.2, 0.25) is 0 Å². The molecule has 0 atom stereocenters. The predicted molar refractivity (Wildman–Crippen MR) is 190 cm³/mol. The zero-order valence-corrected chi connectivity index (χ0v) is 28.4. The first-order valence-electron chi connectivity index (χ1n) is 18.8. The molecule has 0 fully saturated rings.